The molecular weight excluding hydrogens is 214 g/mol. The number of carboxylic acids is 2. The average Bonchev–Trinajstić information content (AvgIpc) is 2.17. The van der Waals surface area contributed by atoms with E-state index in [0.29, 0.717) is 26.1 Å². The van der Waals surface area contributed by atoms with Gasteiger partial charge < -0.3 is 20.2 Å². The van der Waals surface area contributed by atoms with E-state index in [-0.39, 0.29) is 13.0 Å². The third-order valence-corrected chi connectivity index (χ3v) is 2.23. The van der Waals surface area contributed by atoms with Gasteiger partial charge in [0.1, 0.15) is 0 Å². The smallest absolute Gasteiger partial charge is 0.307 e. The number of hydrogen-bond acceptors (Lipinski definition) is 4. The van der Waals surface area contributed by atoms with E-state index in [9.17, 15) is 9.59 Å². The summed E-state index contributed by atoms with van der Waals surface area (Å²) < 4.78 is 0. The number of nitrogens with zero attached hydrogens (tertiary/aromatic N) is 1. The quantitative estimate of drug-likeness (QED) is 0.513. The molecule has 0 aromatic heterocycles. The molecule has 0 radical (unpaired) electrons. The van der Waals surface area contributed by atoms with Gasteiger partial charge >= 0.3 is 11.9 Å². The summed E-state index contributed by atoms with van der Waals surface area (Å²) in [5, 5.41) is 26.0. The second-order valence-electron chi connectivity index (χ2n) is 3.76. The molecule has 1 atom stereocenters. The first kappa shape index (κ1) is 14.9. The Morgan fingerprint density at radius 3 is 2.31 bits per heavy atom. The van der Waals surface area contributed by atoms with Crippen LogP contribution in [0.4, 0.5) is 0 Å². The first-order chi connectivity index (χ1) is 7.47. The van der Waals surface area contributed by atoms with Crippen molar-refractivity contribution in [3.63, 3.8) is 0 Å². The minimum Gasteiger partial charge on any atom is -0.481 e. The molecule has 0 heterocycles. The molecule has 0 aliphatic rings. The Morgan fingerprint density at radius 1 is 1.25 bits per heavy atom. The molecule has 0 aliphatic heterocycles. The Morgan fingerprint density at radius 2 is 1.88 bits per heavy atom. The topological polar surface area (TPSA) is 98.1 Å². The molecule has 0 saturated carbocycles. The van der Waals surface area contributed by atoms with Gasteiger partial charge in [-0.2, -0.15) is 0 Å². The van der Waals surface area contributed by atoms with E-state index in [2.05, 4.69) is 0 Å². The minimum absolute atomic E-state index is 0.0561. The lowest BCUT2D eigenvalue weighted by Gasteiger charge is -2.22. The largest absolute Gasteiger partial charge is 0.481 e. The molecule has 0 spiro atoms. The van der Waals surface area contributed by atoms with Crippen LogP contribution in [0.1, 0.15) is 19.8 Å². The zero-order valence-corrected chi connectivity index (χ0v) is 9.43. The number of rotatable bonds is 9. The van der Waals surface area contributed by atoms with Crippen molar-refractivity contribution in [2.24, 2.45) is 5.92 Å². The van der Waals surface area contributed by atoms with Gasteiger partial charge in [0.2, 0.25) is 0 Å². The van der Waals surface area contributed by atoms with Gasteiger partial charge in [-0.05, 0) is 13.0 Å². The summed E-state index contributed by atoms with van der Waals surface area (Å²) in [7, 11) is 0. The van der Waals surface area contributed by atoms with Crippen LogP contribution in [0.25, 0.3) is 0 Å². The number of aliphatic hydroxyl groups excluding tert-OH is 1. The average molecular weight is 233 g/mol. The third-order valence-electron chi connectivity index (χ3n) is 2.23. The SMILES string of the molecule is CC(CN(CCO)CCCC(=O)O)C(=O)O. The fraction of sp³-hybridized carbons (Fsp3) is 0.800. The number of carboxylic acid groups (broad SMARTS) is 2. The molecule has 0 aliphatic carbocycles. The number of hydrogen-bond donors (Lipinski definition) is 3. The summed E-state index contributed by atoms with van der Waals surface area (Å²) in [6.07, 6.45) is 0.519. The summed E-state index contributed by atoms with van der Waals surface area (Å²) in [6.45, 7) is 2.72. The van der Waals surface area contributed by atoms with Crippen LogP contribution < -0.4 is 0 Å². The summed E-state index contributed by atoms with van der Waals surface area (Å²) in [4.78, 5) is 22.7. The van der Waals surface area contributed by atoms with Gasteiger partial charge in [0.15, 0.2) is 0 Å². The zero-order valence-electron chi connectivity index (χ0n) is 9.43. The van der Waals surface area contributed by atoms with Gasteiger partial charge in [-0.3, -0.25) is 9.59 Å². The van der Waals surface area contributed by atoms with Crippen LogP contribution in [-0.2, 0) is 9.59 Å². The highest BCUT2D eigenvalue weighted by Gasteiger charge is 2.15. The third kappa shape index (κ3) is 7.19. The van der Waals surface area contributed by atoms with Crippen LogP contribution in [0, 0.1) is 5.92 Å². The van der Waals surface area contributed by atoms with Crippen molar-refractivity contribution in [1.29, 1.82) is 0 Å². The number of carbonyl (C=O) groups is 2. The lowest BCUT2D eigenvalue weighted by molar-refractivity contribution is -0.142. The van der Waals surface area contributed by atoms with E-state index in [1.807, 2.05) is 0 Å². The molecule has 3 N–H and O–H groups in total. The van der Waals surface area contributed by atoms with E-state index in [4.69, 9.17) is 15.3 Å². The van der Waals surface area contributed by atoms with Crippen LogP contribution in [-0.4, -0.2) is 58.4 Å². The lowest BCUT2D eigenvalue weighted by Crippen LogP contribution is -2.35. The standard InChI is InChI=1S/C10H19NO5/c1-8(10(15)16)7-11(5-6-12)4-2-3-9(13)14/h8,12H,2-7H2,1H3,(H,13,14)(H,15,16). The van der Waals surface area contributed by atoms with E-state index in [1.54, 1.807) is 11.8 Å². The highest BCUT2D eigenvalue weighted by molar-refractivity contribution is 5.69. The maximum Gasteiger partial charge on any atom is 0.307 e. The van der Waals surface area contributed by atoms with Crippen LogP contribution >= 0.6 is 0 Å². The van der Waals surface area contributed by atoms with Gasteiger partial charge in [-0.15, -0.1) is 0 Å². The fourth-order valence-electron chi connectivity index (χ4n) is 1.36. The molecule has 1 unspecified atom stereocenters. The zero-order chi connectivity index (χ0) is 12.6. The van der Waals surface area contributed by atoms with Crippen LogP contribution in [0.15, 0.2) is 0 Å². The Bertz CT molecular complexity index is 231. The van der Waals surface area contributed by atoms with Gasteiger partial charge in [0.25, 0.3) is 0 Å². The Kier molecular flexibility index (Phi) is 7.49. The van der Waals surface area contributed by atoms with Crippen LogP contribution in [0.5, 0.6) is 0 Å². The lowest BCUT2D eigenvalue weighted by atomic mass is 10.1. The molecular formula is C10H19NO5. The van der Waals surface area contributed by atoms with Crippen molar-refractivity contribution < 1.29 is 24.9 Å². The summed E-state index contributed by atoms with van der Waals surface area (Å²) in [6, 6.07) is 0. The molecule has 6 nitrogen and oxygen atoms in total. The Balaban J connectivity index is 3.96. The second kappa shape index (κ2) is 8.06. The van der Waals surface area contributed by atoms with E-state index in [0.717, 1.165) is 0 Å². The first-order valence-corrected chi connectivity index (χ1v) is 5.25. The van der Waals surface area contributed by atoms with Crippen molar-refractivity contribution in [2.45, 2.75) is 19.8 Å². The van der Waals surface area contributed by atoms with Crippen LogP contribution in [0.2, 0.25) is 0 Å². The highest BCUT2D eigenvalue weighted by Crippen LogP contribution is 2.02. The van der Waals surface area contributed by atoms with Gasteiger partial charge in [-0.1, -0.05) is 6.92 Å². The Hall–Kier alpha value is -1.14. The second-order valence-corrected chi connectivity index (χ2v) is 3.76. The predicted molar refractivity (Wildman–Crippen MR) is 57.2 cm³/mol. The summed E-state index contributed by atoms with van der Waals surface area (Å²) in [5.41, 5.74) is 0. The minimum atomic E-state index is -0.888. The molecule has 0 rings (SSSR count). The molecule has 0 fully saturated rings. The van der Waals surface area contributed by atoms with E-state index in [1.165, 1.54) is 0 Å². The van der Waals surface area contributed by atoms with Gasteiger partial charge in [0.05, 0.1) is 12.5 Å². The summed E-state index contributed by atoms with van der Waals surface area (Å²) >= 11 is 0. The number of aliphatic hydroxyl groups is 1. The van der Waals surface area contributed by atoms with E-state index >= 15 is 0 Å². The molecule has 0 amide bonds. The molecule has 0 aromatic carbocycles. The molecule has 16 heavy (non-hydrogen) atoms. The highest BCUT2D eigenvalue weighted by atomic mass is 16.4. The van der Waals surface area contributed by atoms with Crippen molar-refractivity contribution in [2.75, 3.05) is 26.2 Å². The molecule has 94 valence electrons. The van der Waals surface area contributed by atoms with E-state index < -0.39 is 17.9 Å². The Labute approximate surface area is 94.5 Å². The molecule has 0 aromatic rings. The predicted octanol–water partition coefficient (Wildman–Crippen LogP) is -0.134. The maximum absolute atomic E-state index is 10.6. The summed E-state index contributed by atoms with van der Waals surface area (Å²) in [5.74, 6) is -2.27. The molecule has 0 saturated heterocycles. The normalized spacial score (nSPS) is 12.7. The molecule has 0 bridgehead atoms. The van der Waals surface area contributed by atoms with Crippen LogP contribution in [0.3, 0.4) is 0 Å². The fourth-order valence-corrected chi connectivity index (χ4v) is 1.36. The van der Waals surface area contributed by atoms with Crippen molar-refractivity contribution in [3.8, 4) is 0 Å². The first-order valence-electron chi connectivity index (χ1n) is 5.25. The maximum atomic E-state index is 10.6. The van der Waals surface area contributed by atoms with Crippen molar-refractivity contribution >= 4 is 11.9 Å². The van der Waals surface area contributed by atoms with Gasteiger partial charge in [0, 0.05) is 19.5 Å². The van der Waals surface area contributed by atoms with Crippen molar-refractivity contribution in [1.82, 2.24) is 4.90 Å². The number of aliphatic carboxylic acids is 2. The monoisotopic (exact) mass is 233 g/mol. The molecule has 6 heteroatoms. The van der Waals surface area contributed by atoms with Gasteiger partial charge in [-0.25, -0.2) is 0 Å². The van der Waals surface area contributed by atoms with Crippen molar-refractivity contribution in [3.05, 3.63) is 0 Å².